The minimum atomic E-state index is -0.990. The maximum Gasteiger partial charge on any atom is 0.00627 e. The van der Waals surface area contributed by atoms with E-state index >= 15 is 0 Å². The molecule has 0 radical (unpaired) electrons. The Hall–Kier alpha value is 1.00. The molecule has 13 heavy (non-hydrogen) atoms. The van der Waals surface area contributed by atoms with Gasteiger partial charge in [-0.2, -0.15) is 0 Å². The summed E-state index contributed by atoms with van der Waals surface area (Å²) in [6, 6.07) is 0. The van der Waals surface area contributed by atoms with Gasteiger partial charge in [0, 0.05) is 5.24 Å². The minimum Gasteiger partial charge on any atom is -0.124 e. The van der Waals surface area contributed by atoms with Gasteiger partial charge in [0.05, 0.1) is 0 Å². The van der Waals surface area contributed by atoms with E-state index in [-0.39, 0.29) is 0 Å². The topological polar surface area (TPSA) is 0 Å². The summed E-state index contributed by atoms with van der Waals surface area (Å²) in [6.45, 7) is 6.76. The highest BCUT2D eigenvalue weighted by Crippen LogP contribution is 2.58. The van der Waals surface area contributed by atoms with E-state index < -0.39 is 5.24 Å². The zero-order chi connectivity index (χ0) is 10.2. The van der Waals surface area contributed by atoms with Gasteiger partial charge in [-0.15, -0.1) is 11.4 Å². The first kappa shape index (κ1) is 14.0. The number of hydrogen-bond donors (Lipinski definition) is 0. The lowest BCUT2D eigenvalue weighted by molar-refractivity contribution is 0.705. The highest BCUT2D eigenvalue weighted by Gasteiger charge is 2.12. The average molecular weight is 238 g/mol. The molecular formula is C10H23PS2. The fraction of sp³-hybridized carbons (Fsp3) is 1.00. The van der Waals surface area contributed by atoms with Crippen molar-refractivity contribution in [2.24, 2.45) is 0 Å². The Morgan fingerprint density at radius 1 is 1.08 bits per heavy atom. The summed E-state index contributed by atoms with van der Waals surface area (Å²) in [5, 5.41) is -0.990. The van der Waals surface area contributed by atoms with Gasteiger partial charge >= 0.3 is 0 Å². The van der Waals surface area contributed by atoms with Gasteiger partial charge in [-0.25, -0.2) is 0 Å². The predicted octanol–water partition coefficient (Wildman–Crippen LogP) is 4.73. The number of unbranched alkanes of at least 4 members (excludes halogenated alkanes) is 3. The van der Waals surface area contributed by atoms with E-state index in [4.69, 9.17) is 11.8 Å². The third-order valence-corrected chi connectivity index (χ3v) is 10.7. The van der Waals surface area contributed by atoms with Crippen molar-refractivity contribution in [3.8, 4) is 0 Å². The molecule has 0 aliphatic carbocycles. The van der Waals surface area contributed by atoms with Crippen LogP contribution < -0.4 is 0 Å². The van der Waals surface area contributed by atoms with Crippen LogP contribution in [0.15, 0.2) is 0 Å². The molecule has 0 rings (SSSR count). The van der Waals surface area contributed by atoms with Gasteiger partial charge in [-0.3, -0.25) is 0 Å². The quantitative estimate of drug-likeness (QED) is 0.443. The fourth-order valence-corrected chi connectivity index (χ4v) is 7.20. The Morgan fingerprint density at radius 2 is 1.77 bits per heavy atom. The molecule has 0 aliphatic rings. The van der Waals surface area contributed by atoms with Gasteiger partial charge < -0.3 is 0 Å². The third-order valence-electron chi connectivity index (χ3n) is 2.20. The van der Waals surface area contributed by atoms with Crippen molar-refractivity contribution in [3.05, 3.63) is 0 Å². The van der Waals surface area contributed by atoms with E-state index in [1.54, 1.807) is 0 Å². The summed E-state index contributed by atoms with van der Waals surface area (Å²) in [6.07, 6.45) is 8.04. The average Bonchev–Trinajstić information content (AvgIpc) is 2.13. The van der Waals surface area contributed by atoms with Crippen LogP contribution >= 0.6 is 16.6 Å². The van der Waals surface area contributed by atoms with E-state index in [9.17, 15) is 0 Å². The van der Waals surface area contributed by atoms with Crippen molar-refractivity contribution >= 4 is 28.4 Å². The van der Waals surface area contributed by atoms with E-state index in [1.165, 1.54) is 43.8 Å². The molecule has 0 aromatic rings. The molecule has 0 saturated carbocycles. The van der Waals surface area contributed by atoms with Gasteiger partial charge in [-0.05, 0) is 24.5 Å². The van der Waals surface area contributed by atoms with E-state index in [0.717, 1.165) is 0 Å². The first-order valence-corrected chi connectivity index (χ1v) is 10.2. The smallest absolute Gasteiger partial charge is 0.00627 e. The van der Waals surface area contributed by atoms with Crippen molar-refractivity contribution in [2.45, 2.75) is 46.5 Å². The molecule has 0 heterocycles. The molecule has 0 amide bonds. The molecule has 0 bridgehead atoms. The molecule has 0 spiro atoms. The molecule has 0 aliphatic heterocycles. The fourth-order valence-electron chi connectivity index (χ4n) is 1.33. The molecule has 0 saturated heterocycles. The Balaban J connectivity index is 3.64. The zero-order valence-corrected chi connectivity index (χ0v) is 11.7. The van der Waals surface area contributed by atoms with Gasteiger partial charge in [0.2, 0.25) is 0 Å². The third kappa shape index (κ3) is 6.99. The second-order valence-electron chi connectivity index (χ2n) is 3.33. The van der Waals surface area contributed by atoms with Crippen LogP contribution in [0.3, 0.4) is 0 Å². The lowest BCUT2D eigenvalue weighted by Gasteiger charge is -2.18. The summed E-state index contributed by atoms with van der Waals surface area (Å²) in [4.78, 5) is 0. The summed E-state index contributed by atoms with van der Waals surface area (Å²) in [7, 11) is 0. The van der Waals surface area contributed by atoms with Crippen molar-refractivity contribution in [1.29, 1.82) is 0 Å². The molecule has 0 aromatic carbocycles. The SMILES string of the molecule is CCCCCCP(=S)(CC)SCC. The molecule has 80 valence electrons. The van der Waals surface area contributed by atoms with Crippen LogP contribution in [0.4, 0.5) is 0 Å². The molecular weight excluding hydrogens is 215 g/mol. The lowest BCUT2D eigenvalue weighted by Crippen LogP contribution is -1.90. The molecule has 3 heteroatoms. The number of hydrogen-bond acceptors (Lipinski definition) is 2. The predicted molar refractivity (Wildman–Crippen MR) is 72.0 cm³/mol. The summed E-state index contributed by atoms with van der Waals surface area (Å²) < 4.78 is 0. The first-order valence-electron chi connectivity index (χ1n) is 5.41. The largest absolute Gasteiger partial charge is 0.124 e. The summed E-state index contributed by atoms with van der Waals surface area (Å²) in [5.74, 6) is 1.21. The van der Waals surface area contributed by atoms with E-state index in [2.05, 4.69) is 32.2 Å². The Labute approximate surface area is 93.0 Å². The van der Waals surface area contributed by atoms with E-state index in [0.29, 0.717) is 0 Å². The molecule has 0 nitrogen and oxygen atoms in total. The van der Waals surface area contributed by atoms with Crippen LogP contribution in [0, 0.1) is 0 Å². The van der Waals surface area contributed by atoms with Crippen molar-refractivity contribution in [2.75, 3.05) is 18.1 Å². The maximum atomic E-state index is 5.73. The minimum absolute atomic E-state index is 0.990. The molecule has 1 atom stereocenters. The molecule has 0 fully saturated rings. The van der Waals surface area contributed by atoms with Crippen molar-refractivity contribution in [3.63, 3.8) is 0 Å². The first-order chi connectivity index (χ1) is 6.18. The van der Waals surface area contributed by atoms with Crippen molar-refractivity contribution < 1.29 is 0 Å². The van der Waals surface area contributed by atoms with Crippen molar-refractivity contribution in [1.82, 2.24) is 0 Å². The monoisotopic (exact) mass is 238 g/mol. The maximum absolute atomic E-state index is 5.73. The highest BCUT2D eigenvalue weighted by atomic mass is 32.9. The normalized spacial score (nSPS) is 15.6. The second kappa shape index (κ2) is 8.32. The summed E-state index contributed by atoms with van der Waals surface area (Å²) >= 11 is 7.79. The van der Waals surface area contributed by atoms with Crippen LogP contribution in [0.25, 0.3) is 0 Å². The van der Waals surface area contributed by atoms with Crippen LogP contribution in [-0.4, -0.2) is 18.1 Å². The number of rotatable bonds is 8. The summed E-state index contributed by atoms with van der Waals surface area (Å²) in [5.41, 5.74) is 0. The van der Waals surface area contributed by atoms with E-state index in [1.807, 2.05) is 0 Å². The Kier molecular flexibility index (Phi) is 8.96. The van der Waals surface area contributed by atoms with Gasteiger partial charge in [-0.1, -0.05) is 51.8 Å². The van der Waals surface area contributed by atoms with Crippen LogP contribution in [-0.2, 0) is 11.8 Å². The van der Waals surface area contributed by atoms with Crippen LogP contribution in [0.2, 0.25) is 0 Å². The highest BCUT2D eigenvalue weighted by molar-refractivity contribution is 8.70. The van der Waals surface area contributed by atoms with Gasteiger partial charge in [0.1, 0.15) is 0 Å². The molecule has 0 N–H and O–H groups in total. The van der Waals surface area contributed by atoms with Crippen LogP contribution in [0.1, 0.15) is 46.5 Å². The van der Waals surface area contributed by atoms with Crippen LogP contribution in [0.5, 0.6) is 0 Å². The lowest BCUT2D eigenvalue weighted by atomic mass is 10.2. The standard InChI is InChI=1S/C10H23PS2/c1-4-7-8-9-10-11(12,5-2)13-6-3/h4-10H2,1-3H3. The molecule has 0 aromatic heterocycles. The Morgan fingerprint density at radius 3 is 2.23 bits per heavy atom. The zero-order valence-electron chi connectivity index (χ0n) is 9.21. The van der Waals surface area contributed by atoms with Gasteiger partial charge in [0.25, 0.3) is 0 Å². The second-order valence-corrected chi connectivity index (χ2v) is 12.5. The van der Waals surface area contributed by atoms with Gasteiger partial charge in [0.15, 0.2) is 0 Å². The Bertz CT molecular complexity index is 157. The molecule has 1 unspecified atom stereocenters.